The van der Waals surface area contributed by atoms with E-state index >= 15 is 0 Å². The van der Waals surface area contributed by atoms with Gasteiger partial charge >= 0.3 is 5.97 Å². The first-order chi connectivity index (χ1) is 9.22. The van der Waals surface area contributed by atoms with Crippen LogP contribution < -0.4 is 5.32 Å². The van der Waals surface area contributed by atoms with E-state index in [9.17, 15) is 4.79 Å². The summed E-state index contributed by atoms with van der Waals surface area (Å²) < 4.78 is 4.80. The van der Waals surface area contributed by atoms with E-state index in [1.165, 1.54) is 12.7 Å². The molecule has 0 radical (unpaired) electrons. The minimum atomic E-state index is -0.0921. The molecular weight excluding hydrogens is 242 g/mol. The molecule has 1 N–H and O–H groups in total. The molecule has 1 aromatic heterocycles. The second-order valence-corrected chi connectivity index (χ2v) is 4.82. The summed E-state index contributed by atoms with van der Waals surface area (Å²) in [7, 11) is 1.45. The van der Waals surface area contributed by atoms with E-state index in [0.717, 1.165) is 38.4 Å². The number of rotatable bonds is 5. The van der Waals surface area contributed by atoms with Crippen LogP contribution in [-0.4, -0.2) is 42.6 Å². The van der Waals surface area contributed by atoms with Crippen LogP contribution in [0.4, 0.5) is 5.82 Å². The Kier molecular flexibility index (Phi) is 4.74. The molecule has 0 amide bonds. The Hall–Kier alpha value is -1.62. The number of carbonyl (C=O) groups excluding carboxylic acids is 1. The monoisotopic (exact) mass is 263 g/mol. The Morgan fingerprint density at radius 1 is 1.63 bits per heavy atom. The lowest BCUT2D eigenvalue weighted by Crippen LogP contribution is -2.23. The van der Waals surface area contributed by atoms with Crippen molar-refractivity contribution in [1.29, 1.82) is 0 Å². The molecule has 1 unspecified atom stereocenters. The molecule has 1 fully saturated rings. The molecule has 1 aliphatic heterocycles. The van der Waals surface area contributed by atoms with Crippen molar-refractivity contribution < 1.29 is 9.53 Å². The van der Waals surface area contributed by atoms with E-state index in [-0.39, 0.29) is 11.9 Å². The third-order valence-corrected chi connectivity index (χ3v) is 3.40. The largest absolute Gasteiger partial charge is 0.469 e. The van der Waals surface area contributed by atoms with Crippen molar-refractivity contribution in [3.05, 3.63) is 23.9 Å². The lowest BCUT2D eigenvalue weighted by Gasteiger charge is -2.16. The van der Waals surface area contributed by atoms with Crippen molar-refractivity contribution in [3.63, 3.8) is 0 Å². The molecule has 2 heterocycles. The number of nitrogens with one attached hydrogen (secondary N) is 1. The van der Waals surface area contributed by atoms with E-state index < -0.39 is 0 Å². The van der Waals surface area contributed by atoms with Crippen LogP contribution in [-0.2, 0) is 16.1 Å². The molecule has 1 atom stereocenters. The zero-order valence-electron chi connectivity index (χ0n) is 11.6. The lowest BCUT2D eigenvalue weighted by molar-refractivity contribution is -0.144. The molecule has 0 aromatic carbocycles. The number of hydrogen-bond donors (Lipinski definition) is 1. The standard InChI is InChI=1S/C14H21N3O2/c1-3-15-13-8-11(4-6-16-13)9-17-7-5-12(10-17)14(18)19-2/h4,6,8,12H,3,5,7,9-10H2,1-2H3,(H,15,16). The number of anilines is 1. The van der Waals surface area contributed by atoms with Crippen molar-refractivity contribution in [2.45, 2.75) is 19.9 Å². The Morgan fingerprint density at radius 3 is 3.21 bits per heavy atom. The number of esters is 1. The van der Waals surface area contributed by atoms with Gasteiger partial charge in [-0.25, -0.2) is 4.98 Å². The fourth-order valence-corrected chi connectivity index (χ4v) is 2.44. The zero-order valence-corrected chi connectivity index (χ0v) is 11.6. The topological polar surface area (TPSA) is 54.5 Å². The van der Waals surface area contributed by atoms with Crippen molar-refractivity contribution in [1.82, 2.24) is 9.88 Å². The Morgan fingerprint density at radius 2 is 2.47 bits per heavy atom. The van der Waals surface area contributed by atoms with E-state index in [2.05, 4.69) is 28.2 Å². The third-order valence-electron chi connectivity index (χ3n) is 3.40. The molecule has 1 aliphatic rings. The van der Waals surface area contributed by atoms with Crippen LogP contribution in [0.15, 0.2) is 18.3 Å². The van der Waals surface area contributed by atoms with Crippen LogP contribution in [0.25, 0.3) is 0 Å². The maximum atomic E-state index is 11.5. The number of carbonyl (C=O) groups is 1. The minimum Gasteiger partial charge on any atom is -0.469 e. The molecule has 0 spiro atoms. The molecule has 19 heavy (non-hydrogen) atoms. The molecule has 1 aromatic rings. The summed E-state index contributed by atoms with van der Waals surface area (Å²) in [4.78, 5) is 18.0. The lowest BCUT2D eigenvalue weighted by atomic mass is 10.1. The number of hydrogen-bond acceptors (Lipinski definition) is 5. The predicted molar refractivity (Wildman–Crippen MR) is 73.8 cm³/mol. The third kappa shape index (κ3) is 3.67. The second kappa shape index (κ2) is 6.52. The number of aromatic nitrogens is 1. The van der Waals surface area contributed by atoms with Gasteiger partial charge in [-0.3, -0.25) is 9.69 Å². The number of ether oxygens (including phenoxy) is 1. The number of methoxy groups -OCH3 is 1. The van der Waals surface area contributed by atoms with Crippen LogP contribution in [0.5, 0.6) is 0 Å². The summed E-state index contributed by atoms with van der Waals surface area (Å²) in [5.74, 6) is 0.842. The first-order valence-electron chi connectivity index (χ1n) is 6.72. The first-order valence-corrected chi connectivity index (χ1v) is 6.72. The van der Waals surface area contributed by atoms with Gasteiger partial charge in [0, 0.05) is 25.8 Å². The van der Waals surface area contributed by atoms with Crippen LogP contribution in [0.2, 0.25) is 0 Å². The van der Waals surface area contributed by atoms with Gasteiger partial charge in [0.1, 0.15) is 5.82 Å². The highest BCUT2D eigenvalue weighted by atomic mass is 16.5. The van der Waals surface area contributed by atoms with E-state index in [1.54, 1.807) is 0 Å². The van der Waals surface area contributed by atoms with Crippen molar-refractivity contribution in [2.24, 2.45) is 5.92 Å². The SMILES string of the molecule is CCNc1cc(CN2CCC(C(=O)OC)C2)ccn1. The van der Waals surface area contributed by atoms with Gasteiger partial charge in [0.2, 0.25) is 0 Å². The van der Waals surface area contributed by atoms with Gasteiger partial charge in [-0.2, -0.15) is 0 Å². The summed E-state index contributed by atoms with van der Waals surface area (Å²) >= 11 is 0. The normalized spacial score (nSPS) is 19.4. The van der Waals surface area contributed by atoms with Crippen molar-refractivity contribution in [2.75, 3.05) is 32.1 Å². The zero-order chi connectivity index (χ0) is 13.7. The molecule has 1 saturated heterocycles. The number of nitrogens with zero attached hydrogens (tertiary/aromatic N) is 2. The Balaban J connectivity index is 1.91. The highest BCUT2D eigenvalue weighted by Gasteiger charge is 2.28. The molecule has 0 aliphatic carbocycles. The average Bonchev–Trinajstić information content (AvgIpc) is 2.87. The molecular formula is C14H21N3O2. The number of likely N-dealkylation sites (tertiary alicyclic amines) is 1. The molecule has 5 heteroatoms. The Labute approximate surface area is 114 Å². The summed E-state index contributed by atoms with van der Waals surface area (Å²) in [5.41, 5.74) is 1.22. The molecule has 5 nitrogen and oxygen atoms in total. The fraction of sp³-hybridized carbons (Fsp3) is 0.571. The summed E-state index contributed by atoms with van der Waals surface area (Å²) in [5, 5.41) is 3.21. The van der Waals surface area contributed by atoms with Gasteiger partial charge in [0.25, 0.3) is 0 Å². The van der Waals surface area contributed by atoms with Gasteiger partial charge in [-0.15, -0.1) is 0 Å². The maximum absolute atomic E-state index is 11.5. The van der Waals surface area contributed by atoms with Crippen LogP contribution in [0.3, 0.4) is 0 Å². The summed E-state index contributed by atoms with van der Waals surface area (Å²) in [6.45, 7) is 5.50. The minimum absolute atomic E-state index is 0.0278. The van der Waals surface area contributed by atoms with Gasteiger partial charge in [-0.1, -0.05) is 0 Å². The molecule has 0 bridgehead atoms. The van der Waals surface area contributed by atoms with E-state index in [1.807, 2.05) is 12.3 Å². The second-order valence-electron chi connectivity index (χ2n) is 4.82. The summed E-state index contributed by atoms with van der Waals surface area (Å²) in [6, 6.07) is 4.08. The van der Waals surface area contributed by atoms with Crippen molar-refractivity contribution >= 4 is 11.8 Å². The van der Waals surface area contributed by atoms with Gasteiger partial charge < -0.3 is 10.1 Å². The van der Waals surface area contributed by atoms with Crippen LogP contribution in [0, 0.1) is 5.92 Å². The van der Waals surface area contributed by atoms with Gasteiger partial charge in [0.15, 0.2) is 0 Å². The maximum Gasteiger partial charge on any atom is 0.310 e. The van der Waals surface area contributed by atoms with E-state index in [0.29, 0.717) is 0 Å². The van der Waals surface area contributed by atoms with Crippen LogP contribution in [0.1, 0.15) is 18.9 Å². The predicted octanol–water partition coefficient (Wildman–Crippen LogP) is 1.51. The number of pyridine rings is 1. The average molecular weight is 263 g/mol. The highest BCUT2D eigenvalue weighted by Crippen LogP contribution is 2.20. The first kappa shape index (κ1) is 13.8. The fourth-order valence-electron chi connectivity index (χ4n) is 2.44. The van der Waals surface area contributed by atoms with Gasteiger partial charge in [0.05, 0.1) is 13.0 Å². The quantitative estimate of drug-likeness (QED) is 0.816. The van der Waals surface area contributed by atoms with E-state index in [4.69, 9.17) is 4.74 Å². The highest BCUT2D eigenvalue weighted by molar-refractivity contribution is 5.72. The molecule has 104 valence electrons. The smallest absolute Gasteiger partial charge is 0.310 e. The van der Waals surface area contributed by atoms with Gasteiger partial charge in [-0.05, 0) is 37.6 Å². The Bertz CT molecular complexity index is 436. The van der Waals surface area contributed by atoms with Crippen molar-refractivity contribution in [3.8, 4) is 0 Å². The molecule has 0 saturated carbocycles. The molecule has 2 rings (SSSR count). The summed E-state index contributed by atoms with van der Waals surface area (Å²) in [6.07, 6.45) is 2.71. The van der Waals surface area contributed by atoms with Crippen LogP contribution >= 0.6 is 0 Å².